The SMILES string of the molecule is C[C@@H]1CNCCN1c1ccc2c(c1)-n1c(nc(=O)c3c(Cl)cccc31)C2(C)C. The van der Waals surface area contributed by atoms with Crippen molar-refractivity contribution in [1.82, 2.24) is 14.9 Å². The molecule has 1 saturated heterocycles. The fraction of sp³-hybridized carbons (Fsp3) is 0.364. The molecule has 0 radical (unpaired) electrons. The highest BCUT2D eigenvalue weighted by Crippen LogP contribution is 2.44. The molecule has 144 valence electrons. The lowest BCUT2D eigenvalue weighted by molar-refractivity contribution is 0.501. The first-order valence-electron chi connectivity index (χ1n) is 9.73. The predicted molar refractivity (Wildman–Crippen MR) is 114 cm³/mol. The normalized spacial score (nSPS) is 20.3. The topological polar surface area (TPSA) is 50.2 Å². The maximum Gasteiger partial charge on any atom is 0.282 e. The Balaban J connectivity index is 1.80. The Hall–Kier alpha value is -2.37. The van der Waals surface area contributed by atoms with E-state index in [1.165, 1.54) is 11.3 Å². The van der Waals surface area contributed by atoms with Crippen molar-refractivity contribution in [2.24, 2.45) is 0 Å². The van der Waals surface area contributed by atoms with Crippen LogP contribution in [0, 0.1) is 0 Å². The third-order valence-corrected chi connectivity index (χ3v) is 6.47. The van der Waals surface area contributed by atoms with Crippen LogP contribution in [0.2, 0.25) is 5.02 Å². The number of aromatic nitrogens is 2. The van der Waals surface area contributed by atoms with Crippen LogP contribution in [0.3, 0.4) is 0 Å². The molecular formula is C22H23ClN4O. The lowest BCUT2D eigenvalue weighted by atomic mass is 9.85. The zero-order valence-corrected chi connectivity index (χ0v) is 17.0. The number of fused-ring (bicyclic) bond motifs is 5. The van der Waals surface area contributed by atoms with Gasteiger partial charge >= 0.3 is 0 Å². The first-order chi connectivity index (χ1) is 13.4. The van der Waals surface area contributed by atoms with Gasteiger partial charge in [0.1, 0.15) is 5.82 Å². The van der Waals surface area contributed by atoms with Crippen molar-refractivity contribution < 1.29 is 0 Å². The zero-order valence-electron chi connectivity index (χ0n) is 16.3. The summed E-state index contributed by atoms with van der Waals surface area (Å²) >= 11 is 6.37. The molecule has 1 N–H and O–H groups in total. The molecule has 0 aliphatic carbocycles. The summed E-state index contributed by atoms with van der Waals surface area (Å²) in [6, 6.07) is 12.7. The minimum absolute atomic E-state index is 0.260. The number of hydrogen-bond donors (Lipinski definition) is 1. The molecule has 0 unspecified atom stereocenters. The van der Waals surface area contributed by atoms with Crippen molar-refractivity contribution in [1.29, 1.82) is 0 Å². The van der Waals surface area contributed by atoms with E-state index in [0.717, 1.165) is 36.7 Å². The summed E-state index contributed by atoms with van der Waals surface area (Å²) in [7, 11) is 0. The van der Waals surface area contributed by atoms with E-state index in [-0.39, 0.29) is 11.0 Å². The van der Waals surface area contributed by atoms with Gasteiger partial charge in [0.2, 0.25) is 0 Å². The van der Waals surface area contributed by atoms with Gasteiger partial charge in [-0.3, -0.25) is 9.36 Å². The van der Waals surface area contributed by atoms with E-state index in [0.29, 0.717) is 16.5 Å². The highest BCUT2D eigenvalue weighted by Gasteiger charge is 2.39. The molecule has 1 fully saturated rings. The van der Waals surface area contributed by atoms with Crippen molar-refractivity contribution in [3.63, 3.8) is 0 Å². The molecule has 5 rings (SSSR count). The van der Waals surface area contributed by atoms with Gasteiger partial charge in [-0.25, -0.2) is 0 Å². The van der Waals surface area contributed by atoms with Gasteiger partial charge in [0.15, 0.2) is 0 Å². The Kier molecular flexibility index (Phi) is 3.83. The molecule has 2 aromatic carbocycles. The predicted octanol–water partition coefficient (Wildman–Crippen LogP) is 3.48. The number of halogens is 1. The van der Waals surface area contributed by atoms with Crippen molar-refractivity contribution in [2.45, 2.75) is 32.2 Å². The van der Waals surface area contributed by atoms with Gasteiger partial charge in [0.25, 0.3) is 5.56 Å². The van der Waals surface area contributed by atoms with Gasteiger partial charge < -0.3 is 10.2 Å². The highest BCUT2D eigenvalue weighted by molar-refractivity contribution is 6.35. The van der Waals surface area contributed by atoms with Gasteiger partial charge in [-0.2, -0.15) is 4.98 Å². The smallest absolute Gasteiger partial charge is 0.282 e. The lowest BCUT2D eigenvalue weighted by Crippen LogP contribution is -2.49. The number of nitrogens with one attached hydrogen (secondary N) is 1. The molecule has 3 aromatic rings. The summed E-state index contributed by atoms with van der Waals surface area (Å²) < 4.78 is 2.12. The van der Waals surface area contributed by atoms with Crippen molar-refractivity contribution >= 4 is 28.2 Å². The number of piperazine rings is 1. The second kappa shape index (κ2) is 6.06. The number of benzene rings is 2. The summed E-state index contributed by atoms with van der Waals surface area (Å²) in [6.45, 7) is 9.43. The number of nitrogens with zero attached hydrogens (tertiary/aromatic N) is 3. The molecule has 2 aliphatic rings. The average Bonchev–Trinajstić information content (AvgIpc) is 2.89. The fourth-order valence-electron chi connectivity index (χ4n) is 4.65. The van der Waals surface area contributed by atoms with Crippen LogP contribution in [0.5, 0.6) is 0 Å². The first kappa shape index (κ1) is 17.7. The van der Waals surface area contributed by atoms with Crippen LogP contribution < -0.4 is 15.8 Å². The third kappa shape index (κ3) is 2.36. The Bertz CT molecular complexity index is 1170. The number of rotatable bonds is 1. The molecular weight excluding hydrogens is 372 g/mol. The fourth-order valence-corrected chi connectivity index (χ4v) is 4.90. The molecule has 0 spiro atoms. The van der Waals surface area contributed by atoms with E-state index in [1.54, 1.807) is 6.07 Å². The number of hydrogen-bond acceptors (Lipinski definition) is 4. The van der Waals surface area contributed by atoms with Gasteiger partial charge in [-0.05, 0) is 50.6 Å². The molecule has 2 aliphatic heterocycles. The summed E-state index contributed by atoms with van der Waals surface area (Å²) in [6.07, 6.45) is 0. The first-order valence-corrected chi connectivity index (χ1v) is 10.1. The van der Waals surface area contributed by atoms with Crippen LogP contribution in [0.15, 0.2) is 41.2 Å². The maximum atomic E-state index is 12.7. The monoisotopic (exact) mass is 394 g/mol. The molecule has 6 heteroatoms. The molecule has 5 nitrogen and oxygen atoms in total. The van der Waals surface area contributed by atoms with Gasteiger partial charge in [-0.1, -0.05) is 23.7 Å². The van der Waals surface area contributed by atoms with Crippen molar-refractivity contribution in [3.8, 4) is 5.69 Å². The van der Waals surface area contributed by atoms with Crippen LogP contribution in [0.25, 0.3) is 16.6 Å². The lowest BCUT2D eigenvalue weighted by Gasteiger charge is -2.36. The van der Waals surface area contributed by atoms with Crippen molar-refractivity contribution in [2.75, 3.05) is 24.5 Å². The van der Waals surface area contributed by atoms with Gasteiger partial charge in [0.05, 0.1) is 27.0 Å². The molecule has 0 saturated carbocycles. The van der Waals surface area contributed by atoms with Crippen LogP contribution in [-0.4, -0.2) is 35.2 Å². The standard InChI is InChI=1S/C22H23ClN4O/c1-13-12-24-9-10-26(13)14-7-8-15-18(11-14)27-17-6-4-5-16(23)19(17)20(28)25-21(27)22(15,2)3/h4-8,11,13,24H,9-10,12H2,1-3H3/t13-/m1/s1. The quantitative estimate of drug-likeness (QED) is 0.686. The molecule has 1 atom stereocenters. The van der Waals surface area contributed by atoms with E-state index < -0.39 is 0 Å². The highest BCUT2D eigenvalue weighted by atomic mass is 35.5. The Morgan fingerprint density at radius 2 is 2.07 bits per heavy atom. The van der Waals surface area contributed by atoms with E-state index in [9.17, 15) is 4.79 Å². The second-order valence-corrected chi connectivity index (χ2v) is 8.69. The molecule has 3 heterocycles. The summed E-state index contributed by atoms with van der Waals surface area (Å²) in [4.78, 5) is 19.6. The van der Waals surface area contributed by atoms with Crippen LogP contribution in [-0.2, 0) is 5.41 Å². The molecule has 28 heavy (non-hydrogen) atoms. The summed E-state index contributed by atoms with van der Waals surface area (Å²) in [5.74, 6) is 0.771. The third-order valence-electron chi connectivity index (χ3n) is 6.15. The minimum atomic E-state index is -0.349. The molecule has 0 amide bonds. The Morgan fingerprint density at radius 1 is 1.25 bits per heavy atom. The van der Waals surface area contributed by atoms with E-state index in [4.69, 9.17) is 11.6 Å². The largest absolute Gasteiger partial charge is 0.366 e. The second-order valence-electron chi connectivity index (χ2n) is 8.28. The molecule has 0 bridgehead atoms. The number of anilines is 1. The van der Waals surface area contributed by atoms with E-state index in [1.807, 2.05) is 12.1 Å². The van der Waals surface area contributed by atoms with Crippen LogP contribution >= 0.6 is 11.6 Å². The van der Waals surface area contributed by atoms with E-state index in [2.05, 4.69) is 58.7 Å². The average molecular weight is 395 g/mol. The summed E-state index contributed by atoms with van der Waals surface area (Å²) in [5, 5.41) is 4.38. The summed E-state index contributed by atoms with van der Waals surface area (Å²) in [5.41, 5.74) is 3.67. The van der Waals surface area contributed by atoms with Gasteiger partial charge in [-0.15, -0.1) is 0 Å². The van der Waals surface area contributed by atoms with Crippen LogP contribution in [0.1, 0.15) is 32.2 Å². The molecule has 1 aromatic heterocycles. The van der Waals surface area contributed by atoms with Crippen LogP contribution in [0.4, 0.5) is 5.69 Å². The maximum absolute atomic E-state index is 12.7. The van der Waals surface area contributed by atoms with Gasteiger partial charge in [0, 0.05) is 31.4 Å². The zero-order chi connectivity index (χ0) is 19.6. The Morgan fingerprint density at radius 3 is 2.86 bits per heavy atom. The van der Waals surface area contributed by atoms with E-state index >= 15 is 0 Å². The minimum Gasteiger partial charge on any atom is -0.366 e. The Labute approximate surface area is 169 Å². The van der Waals surface area contributed by atoms with Crippen molar-refractivity contribution in [3.05, 3.63) is 63.2 Å².